The van der Waals surface area contributed by atoms with E-state index >= 15 is 0 Å². The SMILES string of the molecule is C1COC1.CC.CC=N.CCC(=O)c1cc(CNCC2CCC2)cc(C(F)(F)P)c1CC.CCCC(=N)Cc1cc(C)nc(C2CC2)c1. The van der Waals surface area contributed by atoms with Gasteiger partial charge in [-0.05, 0) is 118 Å². The van der Waals surface area contributed by atoms with E-state index in [0.717, 1.165) is 56.0 Å². The molecule has 2 heterocycles. The molecular weight excluding hydrogens is 625 g/mol. The highest BCUT2D eigenvalue weighted by Crippen LogP contribution is 2.40. The predicted octanol–water partition coefficient (Wildman–Crippen LogP) is 10.4. The maximum Gasteiger partial charge on any atom is 0.284 e. The number of halogens is 2. The third-order valence-corrected chi connectivity index (χ3v) is 8.52. The van der Waals surface area contributed by atoms with Gasteiger partial charge in [-0.3, -0.25) is 9.78 Å². The first kappa shape index (κ1) is 43.6. The second kappa shape index (κ2) is 23.9. The number of rotatable bonds is 13. The molecule has 1 saturated heterocycles. The van der Waals surface area contributed by atoms with Crippen molar-refractivity contribution in [2.45, 2.75) is 137 Å². The quantitative estimate of drug-likeness (QED) is 0.111. The molecule has 5 rings (SSSR count). The molecule has 0 amide bonds. The fraction of sp³-hybridized carbons (Fsp3) is 0.641. The molecule has 270 valence electrons. The summed E-state index contributed by atoms with van der Waals surface area (Å²) in [5.74, 6) is 1.35. The number of carbonyl (C=O) groups excluding carboxylic acids is 1. The van der Waals surface area contributed by atoms with E-state index in [0.29, 0.717) is 42.3 Å². The van der Waals surface area contributed by atoms with E-state index in [4.69, 9.17) is 15.6 Å². The second-order valence-corrected chi connectivity index (χ2v) is 13.2. The van der Waals surface area contributed by atoms with Crippen LogP contribution in [0, 0.1) is 23.7 Å². The number of benzene rings is 1. The Balaban J connectivity index is 0.000000396. The molecule has 0 bridgehead atoms. The van der Waals surface area contributed by atoms with Crippen molar-refractivity contribution in [3.8, 4) is 0 Å². The molecule has 3 aliphatic rings. The van der Waals surface area contributed by atoms with Gasteiger partial charge in [0.15, 0.2) is 5.78 Å². The molecule has 2 aromatic rings. The van der Waals surface area contributed by atoms with Crippen molar-refractivity contribution >= 4 is 26.9 Å². The van der Waals surface area contributed by atoms with E-state index in [1.165, 1.54) is 56.0 Å². The Bertz CT molecular complexity index is 1250. The van der Waals surface area contributed by atoms with Crippen LogP contribution in [0.4, 0.5) is 8.78 Å². The van der Waals surface area contributed by atoms with Gasteiger partial charge in [-0.2, -0.15) is 8.78 Å². The van der Waals surface area contributed by atoms with Gasteiger partial charge in [0.25, 0.3) is 5.66 Å². The minimum absolute atomic E-state index is 0.0373. The standard InChI is InChI=1S/C18H26F2NOP.C14H20N2.C3H6O.C2H5N.C2H6/c1-3-14-15(17(22)4-2)8-13(9-16(14)18(19,20)23)11-21-10-12-6-5-7-12;1-3-4-13(15)8-11-7-10(2)16-14(9-11)12-5-6-12;1-2-4-3-1;1-2-3;1-2/h8-9,12,21H,3-7,10-11,23H2,1-2H3;7,9,12,15H,3-6,8H2,1-2H3;1-3H2;2-3H,1H3;1-2H3. The summed E-state index contributed by atoms with van der Waals surface area (Å²) >= 11 is 0. The van der Waals surface area contributed by atoms with Gasteiger partial charge in [0, 0.05) is 66.7 Å². The maximum atomic E-state index is 14.0. The summed E-state index contributed by atoms with van der Waals surface area (Å²) in [6, 6.07) is 7.66. The molecule has 6 nitrogen and oxygen atoms in total. The number of Topliss-reactive ketones (excluding diaryl/α,β-unsaturated/α-hetero) is 1. The van der Waals surface area contributed by atoms with Crippen molar-refractivity contribution in [1.29, 1.82) is 10.8 Å². The first-order valence-electron chi connectivity index (χ1n) is 18.1. The minimum Gasteiger partial charge on any atom is -0.381 e. The predicted molar refractivity (Wildman–Crippen MR) is 202 cm³/mol. The first-order valence-corrected chi connectivity index (χ1v) is 18.7. The number of nitrogens with zero attached hydrogens (tertiary/aromatic N) is 1. The Kier molecular flexibility index (Phi) is 21.7. The molecule has 3 fully saturated rings. The van der Waals surface area contributed by atoms with Crippen LogP contribution in [0.1, 0.15) is 149 Å². The third kappa shape index (κ3) is 16.3. The van der Waals surface area contributed by atoms with Gasteiger partial charge in [-0.15, -0.1) is 0 Å². The van der Waals surface area contributed by atoms with Gasteiger partial charge in [0.1, 0.15) is 0 Å². The van der Waals surface area contributed by atoms with Crippen molar-refractivity contribution in [1.82, 2.24) is 10.3 Å². The Hall–Kier alpha value is -2.41. The van der Waals surface area contributed by atoms with Crippen LogP contribution in [0.3, 0.4) is 0 Å². The number of pyridine rings is 1. The molecule has 1 unspecified atom stereocenters. The largest absolute Gasteiger partial charge is 0.381 e. The zero-order valence-electron chi connectivity index (χ0n) is 30.7. The summed E-state index contributed by atoms with van der Waals surface area (Å²) < 4.78 is 32.7. The van der Waals surface area contributed by atoms with Crippen molar-refractivity contribution in [3.63, 3.8) is 0 Å². The highest BCUT2D eigenvalue weighted by Gasteiger charge is 2.30. The summed E-state index contributed by atoms with van der Waals surface area (Å²) in [6.45, 7) is 16.9. The van der Waals surface area contributed by atoms with Crippen molar-refractivity contribution in [3.05, 3.63) is 63.5 Å². The number of carbonyl (C=O) groups is 1. The zero-order chi connectivity index (χ0) is 36.1. The Morgan fingerprint density at radius 2 is 1.67 bits per heavy atom. The van der Waals surface area contributed by atoms with E-state index in [2.05, 4.69) is 36.3 Å². The van der Waals surface area contributed by atoms with Crippen LogP contribution < -0.4 is 5.32 Å². The van der Waals surface area contributed by atoms with Crippen LogP contribution in [0.25, 0.3) is 0 Å². The van der Waals surface area contributed by atoms with Gasteiger partial charge in [-0.1, -0.05) is 56.7 Å². The molecule has 0 radical (unpaired) electrons. The van der Waals surface area contributed by atoms with Gasteiger partial charge in [0.05, 0.1) is 0 Å². The fourth-order valence-electron chi connectivity index (χ4n) is 5.31. The first-order chi connectivity index (χ1) is 23.0. The average Bonchev–Trinajstić information content (AvgIpc) is 3.84. The van der Waals surface area contributed by atoms with Crippen LogP contribution >= 0.6 is 9.24 Å². The number of aryl methyl sites for hydroxylation is 1. The van der Waals surface area contributed by atoms with Crippen molar-refractivity contribution in [2.24, 2.45) is 5.92 Å². The summed E-state index contributed by atoms with van der Waals surface area (Å²) in [5.41, 5.74) is 3.10. The number of nitrogens with one attached hydrogen (secondary N) is 3. The Morgan fingerprint density at radius 3 is 2.10 bits per heavy atom. The Morgan fingerprint density at radius 1 is 1.06 bits per heavy atom. The van der Waals surface area contributed by atoms with Gasteiger partial charge < -0.3 is 20.9 Å². The maximum absolute atomic E-state index is 14.0. The monoisotopic (exact) mass is 688 g/mol. The molecule has 9 heteroatoms. The lowest BCUT2D eigenvalue weighted by Gasteiger charge is -2.26. The average molecular weight is 689 g/mol. The van der Waals surface area contributed by atoms with Crippen molar-refractivity contribution in [2.75, 3.05) is 19.8 Å². The second-order valence-electron chi connectivity index (χ2n) is 12.5. The molecule has 2 saturated carbocycles. The number of hydrogen-bond donors (Lipinski definition) is 3. The zero-order valence-corrected chi connectivity index (χ0v) is 31.9. The topological polar surface area (TPSA) is 98.9 Å². The van der Waals surface area contributed by atoms with Crippen LogP contribution in [-0.4, -0.2) is 42.5 Å². The van der Waals surface area contributed by atoms with Crippen LogP contribution in [0.5, 0.6) is 0 Å². The van der Waals surface area contributed by atoms with Crippen LogP contribution in [0.2, 0.25) is 0 Å². The number of ketones is 1. The molecule has 3 N–H and O–H groups in total. The number of hydrogen-bond acceptors (Lipinski definition) is 6. The van der Waals surface area contributed by atoms with Gasteiger partial charge in [-0.25, -0.2) is 0 Å². The lowest BCUT2D eigenvalue weighted by molar-refractivity contribution is 0.0367. The van der Waals surface area contributed by atoms with E-state index in [1.807, 2.05) is 20.8 Å². The molecule has 1 atom stereocenters. The summed E-state index contributed by atoms with van der Waals surface area (Å²) in [5, 5.41) is 17.3. The van der Waals surface area contributed by atoms with E-state index < -0.39 is 5.66 Å². The highest BCUT2D eigenvalue weighted by atomic mass is 31.0. The summed E-state index contributed by atoms with van der Waals surface area (Å²) in [4.78, 5) is 16.8. The number of alkyl halides is 2. The van der Waals surface area contributed by atoms with E-state index in [-0.39, 0.29) is 11.3 Å². The third-order valence-electron chi connectivity index (χ3n) is 8.21. The lowest BCUT2D eigenvalue weighted by atomic mass is 9.85. The molecule has 0 spiro atoms. The highest BCUT2D eigenvalue weighted by molar-refractivity contribution is 7.17. The smallest absolute Gasteiger partial charge is 0.284 e. The van der Waals surface area contributed by atoms with Crippen LogP contribution in [-0.2, 0) is 29.8 Å². The molecule has 1 aromatic heterocycles. The van der Waals surface area contributed by atoms with Gasteiger partial charge >= 0.3 is 0 Å². The number of ether oxygens (including phenoxy) is 1. The molecule has 1 aliphatic heterocycles. The normalized spacial score (nSPS) is 14.9. The summed E-state index contributed by atoms with van der Waals surface area (Å²) in [7, 11) is 1.60. The van der Waals surface area contributed by atoms with E-state index in [9.17, 15) is 13.6 Å². The van der Waals surface area contributed by atoms with Crippen molar-refractivity contribution < 1.29 is 18.3 Å². The Labute approximate surface area is 292 Å². The molecule has 48 heavy (non-hydrogen) atoms. The van der Waals surface area contributed by atoms with Crippen LogP contribution in [0.15, 0.2) is 24.3 Å². The summed E-state index contributed by atoms with van der Waals surface area (Å²) in [6.07, 6.45) is 12.4. The van der Waals surface area contributed by atoms with Gasteiger partial charge in [0.2, 0.25) is 0 Å². The lowest BCUT2D eigenvalue weighted by Crippen LogP contribution is -2.27. The molecule has 2 aliphatic carbocycles. The molecule has 1 aromatic carbocycles. The minimum atomic E-state index is -3.02. The molecular formula is C39H63F2N4O2P. The van der Waals surface area contributed by atoms with E-state index in [1.54, 1.807) is 35.2 Å². The number of aromatic nitrogens is 1. The fourth-order valence-corrected chi connectivity index (χ4v) is 5.57.